The lowest BCUT2D eigenvalue weighted by molar-refractivity contribution is 0.0472. The lowest BCUT2D eigenvalue weighted by Crippen LogP contribution is -2.58. The Labute approximate surface area is 211 Å². The first-order valence-electron chi connectivity index (χ1n) is 12.1. The molecule has 9 nitrogen and oxygen atoms in total. The number of nitrogens with zero attached hydrogens (tertiary/aromatic N) is 2. The van der Waals surface area contributed by atoms with E-state index in [-0.39, 0.29) is 17.5 Å². The largest absolute Gasteiger partial charge is 0.371 e. The van der Waals surface area contributed by atoms with E-state index < -0.39 is 23.5 Å². The van der Waals surface area contributed by atoms with Gasteiger partial charge in [-0.25, -0.2) is 9.18 Å². The van der Waals surface area contributed by atoms with Gasteiger partial charge in [0.15, 0.2) is 6.23 Å². The molecule has 1 unspecified atom stereocenters. The van der Waals surface area contributed by atoms with Crippen molar-refractivity contribution >= 4 is 23.4 Å². The van der Waals surface area contributed by atoms with Crippen LogP contribution in [0, 0.1) is 26.6 Å². The van der Waals surface area contributed by atoms with Crippen LogP contribution in [0.3, 0.4) is 0 Å². The zero-order valence-electron chi connectivity index (χ0n) is 21.8. The van der Waals surface area contributed by atoms with E-state index in [2.05, 4.69) is 16.0 Å². The van der Waals surface area contributed by atoms with Crippen LogP contribution < -0.4 is 16.0 Å². The van der Waals surface area contributed by atoms with E-state index in [4.69, 9.17) is 0 Å². The van der Waals surface area contributed by atoms with Gasteiger partial charge in [-0.3, -0.25) is 14.9 Å². The number of piperidine rings is 1. The standard InChI is InChI=1S/C26H36FN5O4/c1-7-28-25(36)32-12-10-26(5,11-13-32)30-24(35)22(33)21-16(3)20(17(4)31(21)6)23(34)29-18-8-9-19(27)15(2)14-18/h8-9,14,24,30,35H,7,10-13H2,1-6H3,(H,28,36)(H,29,34). The zero-order chi connectivity index (χ0) is 26.8. The monoisotopic (exact) mass is 501 g/mol. The Hall–Kier alpha value is -3.24. The van der Waals surface area contributed by atoms with Crippen molar-refractivity contribution < 1.29 is 23.9 Å². The van der Waals surface area contributed by atoms with Crippen molar-refractivity contribution in [3.63, 3.8) is 0 Å². The van der Waals surface area contributed by atoms with Crippen LogP contribution in [0.15, 0.2) is 18.2 Å². The molecule has 2 aromatic rings. The molecule has 3 rings (SSSR count). The number of carbonyl (C=O) groups is 3. The van der Waals surface area contributed by atoms with Crippen LogP contribution in [-0.4, -0.2) is 63.7 Å². The highest BCUT2D eigenvalue weighted by atomic mass is 19.1. The Morgan fingerprint density at radius 3 is 2.39 bits per heavy atom. The first kappa shape index (κ1) is 27.3. The van der Waals surface area contributed by atoms with Crippen molar-refractivity contribution in [1.82, 2.24) is 20.1 Å². The number of hydrogen-bond acceptors (Lipinski definition) is 5. The number of amides is 3. The molecule has 1 aliphatic heterocycles. The molecule has 0 aliphatic carbocycles. The number of likely N-dealkylation sites (tertiary alicyclic amines) is 1. The molecule has 1 fully saturated rings. The minimum absolute atomic E-state index is 0.118. The van der Waals surface area contributed by atoms with Crippen molar-refractivity contribution in [2.24, 2.45) is 7.05 Å². The first-order valence-corrected chi connectivity index (χ1v) is 12.1. The van der Waals surface area contributed by atoms with Gasteiger partial charge in [0, 0.05) is 43.6 Å². The van der Waals surface area contributed by atoms with E-state index >= 15 is 0 Å². The number of aliphatic hydroxyl groups excluding tert-OH is 1. The summed E-state index contributed by atoms with van der Waals surface area (Å²) in [6.07, 6.45) is -0.331. The van der Waals surface area contributed by atoms with Crippen molar-refractivity contribution in [1.29, 1.82) is 0 Å². The number of urea groups is 1. The van der Waals surface area contributed by atoms with Crippen molar-refractivity contribution in [2.45, 2.75) is 59.2 Å². The Morgan fingerprint density at radius 2 is 1.81 bits per heavy atom. The summed E-state index contributed by atoms with van der Waals surface area (Å²) >= 11 is 0. The summed E-state index contributed by atoms with van der Waals surface area (Å²) in [4.78, 5) is 40.2. The smallest absolute Gasteiger partial charge is 0.317 e. The molecule has 1 aliphatic rings. The van der Waals surface area contributed by atoms with Gasteiger partial charge in [-0.2, -0.15) is 0 Å². The average molecular weight is 502 g/mol. The maximum Gasteiger partial charge on any atom is 0.317 e. The van der Waals surface area contributed by atoms with Crippen LogP contribution in [0.2, 0.25) is 0 Å². The third-order valence-corrected chi connectivity index (χ3v) is 7.02. The summed E-state index contributed by atoms with van der Waals surface area (Å²) < 4.78 is 15.2. The number of benzene rings is 1. The quantitative estimate of drug-likeness (QED) is 0.344. The normalized spacial score (nSPS) is 15.9. The molecule has 196 valence electrons. The van der Waals surface area contributed by atoms with Gasteiger partial charge < -0.3 is 25.2 Å². The van der Waals surface area contributed by atoms with Crippen LogP contribution in [0.25, 0.3) is 0 Å². The second kappa shape index (κ2) is 10.8. The molecule has 4 N–H and O–H groups in total. The number of halogens is 1. The number of aliphatic hydroxyl groups is 1. The maximum absolute atomic E-state index is 13.6. The Bertz CT molecular complexity index is 1170. The van der Waals surface area contributed by atoms with E-state index in [1.54, 1.807) is 43.4 Å². The predicted octanol–water partition coefficient (Wildman–Crippen LogP) is 3.02. The lowest BCUT2D eigenvalue weighted by atomic mass is 9.89. The molecule has 0 bridgehead atoms. The number of aryl methyl sites for hydroxylation is 1. The summed E-state index contributed by atoms with van der Waals surface area (Å²) in [6, 6.07) is 4.19. The molecular weight excluding hydrogens is 465 g/mol. The fraction of sp³-hybridized carbons (Fsp3) is 0.500. The second-order valence-corrected chi connectivity index (χ2v) is 9.71. The van der Waals surface area contributed by atoms with Crippen molar-refractivity contribution in [2.75, 3.05) is 25.0 Å². The summed E-state index contributed by atoms with van der Waals surface area (Å²) in [5.74, 6) is -1.32. The number of hydrogen-bond donors (Lipinski definition) is 4. The van der Waals surface area contributed by atoms with Gasteiger partial charge in [-0.15, -0.1) is 0 Å². The lowest BCUT2D eigenvalue weighted by Gasteiger charge is -2.41. The molecule has 1 saturated heterocycles. The Kier molecular flexibility index (Phi) is 8.20. The Morgan fingerprint density at radius 1 is 1.17 bits per heavy atom. The summed E-state index contributed by atoms with van der Waals surface area (Å²) in [5, 5.41) is 19.4. The Balaban J connectivity index is 1.74. The van der Waals surface area contributed by atoms with E-state index in [9.17, 15) is 23.9 Å². The highest BCUT2D eigenvalue weighted by molar-refractivity contribution is 6.09. The number of ketones is 1. The molecule has 3 amide bonds. The summed E-state index contributed by atoms with van der Waals surface area (Å²) in [7, 11) is 1.67. The van der Waals surface area contributed by atoms with Crippen LogP contribution in [-0.2, 0) is 7.05 Å². The molecule has 36 heavy (non-hydrogen) atoms. The average Bonchev–Trinajstić information content (AvgIpc) is 3.04. The summed E-state index contributed by atoms with van der Waals surface area (Å²) in [6.45, 7) is 10.4. The molecule has 0 radical (unpaired) electrons. The third kappa shape index (κ3) is 5.60. The number of aromatic nitrogens is 1. The third-order valence-electron chi connectivity index (χ3n) is 7.02. The summed E-state index contributed by atoms with van der Waals surface area (Å²) in [5.41, 5.74) is 1.90. The van der Waals surface area contributed by atoms with E-state index in [0.29, 0.717) is 60.5 Å². The molecule has 2 heterocycles. The minimum atomic E-state index is -1.48. The van der Waals surface area contributed by atoms with Gasteiger partial charge in [0.2, 0.25) is 5.78 Å². The predicted molar refractivity (Wildman–Crippen MR) is 136 cm³/mol. The van der Waals surface area contributed by atoms with Crippen LogP contribution in [0.1, 0.15) is 64.4 Å². The van der Waals surface area contributed by atoms with Crippen molar-refractivity contribution in [3.05, 3.63) is 52.1 Å². The molecule has 10 heteroatoms. The fourth-order valence-electron chi connectivity index (χ4n) is 4.71. The topological polar surface area (TPSA) is 116 Å². The van der Waals surface area contributed by atoms with Gasteiger partial charge in [0.1, 0.15) is 5.82 Å². The number of carbonyl (C=O) groups excluding carboxylic acids is 3. The minimum Gasteiger partial charge on any atom is -0.371 e. The van der Waals surface area contributed by atoms with Crippen molar-refractivity contribution in [3.8, 4) is 0 Å². The molecular formula is C26H36FN5O4. The fourth-order valence-corrected chi connectivity index (χ4v) is 4.71. The number of rotatable bonds is 7. The maximum atomic E-state index is 13.6. The van der Waals surface area contributed by atoms with Gasteiger partial charge >= 0.3 is 6.03 Å². The van der Waals surface area contributed by atoms with Crippen LogP contribution in [0.4, 0.5) is 14.9 Å². The number of anilines is 1. The highest BCUT2D eigenvalue weighted by Gasteiger charge is 2.36. The second-order valence-electron chi connectivity index (χ2n) is 9.71. The van der Waals surface area contributed by atoms with Gasteiger partial charge in [-0.05, 0) is 76.8 Å². The van der Waals surface area contributed by atoms with Gasteiger partial charge in [-0.1, -0.05) is 0 Å². The van der Waals surface area contributed by atoms with Gasteiger partial charge in [0.05, 0.1) is 11.3 Å². The number of Topliss-reactive ketones (excluding diaryl/α,β-unsaturated/α-hetero) is 1. The molecule has 0 spiro atoms. The van der Waals surface area contributed by atoms with Crippen LogP contribution >= 0.6 is 0 Å². The molecule has 1 aromatic heterocycles. The molecule has 0 saturated carbocycles. The van der Waals surface area contributed by atoms with E-state index in [1.165, 1.54) is 12.1 Å². The van der Waals surface area contributed by atoms with E-state index in [0.717, 1.165) is 0 Å². The highest BCUT2D eigenvalue weighted by Crippen LogP contribution is 2.26. The van der Waals surface area contributed by atoms with Gasteiger partial charge in [0.25, 0.3) is 5.91 Å². The zero-order valence-corrected chi connectivity index (χ0v) is 21.8. The first-order chi connectivity index (χ1) is 16.9. The molecule has 1 aromatic carbocycles. The number of nitrogens with one attached hydrogen (secondary N) is 3. The van der Waals surface area contributed by atoms with E-state index in [1.807, 2.05) is 13.8 Å². The SMILES string of the molecule is CCNC(=O)N1CCC(C)(NC(O)C(=O)c2c(C)c(C(=O)Nc3ccc(F)c(C)c3)c(C)n2C)CC1. The van der Waals surface area contributed by atoms with Crippen LogP contribution in [0.5, 0.6) is 0 Å². The molecule has 1 atom stereocenters.